The Labute approximate surface area is 172 Å². The number of hydrogen-bond donors (Lipinski definition) is 1. The summed E-state index contributed by atoms with van der Waals surface area (Å²) in [7, 11) is 0. The van der Waals surface area contributed by atoms with E-state index in [1.807, 2.05) is 6.07 Å². The fourth-order valence-corrected chi connectivity index (χ4v) is 3.41. The first kappa shape index (κ1) is 19.0. The molecule has 0 spiro atoms. The minimum absolute atomic E-state index is 0.0970. The lowest BCUT2D eigenvalue weighted by atomic mass is 10.2. The number of furan rings is 1. The number of benzene rings is 1. The van der Waals surface area contributed by atoms with Crippen LogP contribution >= 0.6 is 11.6 Å². The van der Waals surface area contributed by atoms with E-state index in [2.05, 4.69) is 15.2 Å². The molecule has 1 aromatic carbocycles. The third kappa shape index (κ3) is 4.25. The number of pyridine rings is 1. The van der Waals surface area contributed by atoms with Gasteiger partial charge in [0.2, 0.25) is 0 Å². The van der Waals surface area contributed by atoms with Crippen molar-refractivity contribution in [3.05, 3.63) is 77.3 Å². The minimum Gasteiger partial charge on any atom is -0.459 e. The number of nitrogens with zero attached hydrogens (tertiary/aromatic N) is 3. The molecule has 7 nitrogen and oxygen atoms in total. The largest absolute Gasteiger partial charge is 0.459 e. The van der Waals surface area contributed by atoms with Crippen molar-refractivity contribution < 1.29 is 14.0 Å². The molecule has 148 valence electrons. The average molecular weight is 411 g/mol. The van der Waals surface area contributed by atoms with Gasteiger partial charge in [0.1, 0.15) is 5.82 Å². The molecule has 0 aliphatic carbocycles. The van der Waals surface area contributed by atoms with Gasteiger partial charge in [-0.1, -0.05) is 23.7 Å². The van der Waals surface area contributed by atoms with Crippen LogP contribution in [-0.2, 0) is 0 Å². The number of hydrogen-bond acceptors (Lipinski definition) is 5. The number of piperazine rings is 1. The van der Waals surface area contributed by atoms with Gasteiger partial charge < -0.3 is 19.5 Å². The van der Waals surface area contributed by atoms with E-state index >= 15 is 0 Å². The van der Waals surface area contributed by atoms with Crippen molar-refractivity contribution in [3.63, 3.8) is 0 Å². The highest BCUT2D eigenvalue weighted by molar-refractivity contribution is 6.34. The molecular formula is C21H19ClN4O3. The lowest BCUT2D eigenvalue weighted by Crippen LogP contribution is -2.49. The van der Waals surface area contributed by atoms with Gasteiger partial charge in [0.15, 0.2) is 5.76 Å². The lowest BCUT2D eigenvalue weighted by Gasteiger charge is -2.35. The first-order valence-corrected chi connectivity index (χ1v) is 9.59. The number of halogens is 1. The molecule has 0 unspecified atom stereocenters. The highest BCUT2D eigenvalue weighted by Crippen LogP contribution is 2.20. The molecule has 1 fully saturated rings. The Morgan fingerprint density at radius 2 is 1.79 bits per heavy atom. The second-order valence-electron chi connectivity index (χ2n) is 6.60. The van der Waals surface area contributed by atoms with Crippen molar-refractivity contribution in [1.82, 2.24) is 9.88 Å². The Morgan fingerprint density at radius 1 is 1.00 bits per heavy atom. The van der Waals surface area contributed by atoms with Crippen LogP contribution in [0.15, 0.2) is 65.4 Å². The van der Waals surface area contributed by atoms with E-state index in [-0.39, 0.29) is 11.8 Å². The van der Waals surface area contributed by atoms with Crippen molar-refractivity contribution in [2.75, 3.05) is 36.4 Å². The smallest absolute Gasteiger partial charge is 0.289 e. The van der Waals surface area contributed by atoms with E-state index in [1.165, 1.54) is 6.26 Å². The van der Waals surface area contributed by atoms with Crippen LogP contribution in [-0.4, -0.2) is 47.9 Å². The Hall–Kier alpha value is -3.32. The van der Waals surface area contributed by atoms with E-state index < -0.39 is 0 Å². The van der Waals surface area contributed by atoms with Crippen molar-refractivity contribution in [2.24, 2.45) is 0 Å². The third-order valence-corrected chi connectivity index (χ3v) is 5.08. The second kappa shape index (κ2) is 8.36. The number of carbonyl (C=O) groups excluding carboxylic acids is 2. The topological polar surface area (TPSA) is 78.7 Å². The zero-order chi connectivity index (χ0) is 20.2. The molecule has 0 bridgehead atoms. The Balaban J connectivity index is 1.35. The van der Waals surface area contributed by atoms with Crippen LogP contribution in [0.4, 0.5) is 11.5 Å². The molecule has 0 radical (unpaired) electrons. The fourth-order valence-electron chi connectivity index (χ4n) is 3.19. The molecule has 29 heavy (non-hydrogen) atoms. The van der Waals surface area contributed by atoms with Gasteiger partial charge in [-0.25, -0.2) is 4.98 Å². The van der Waals surface area contributed by atoms with Crippen LogP contribution < -0.4 is 10.2 Å². The van der Waals surface area contributed by atoms with Gasteiger partial charge in [-0.3, -0.25) is 9.59 Å². The monoisotopic (exact) mass is 410 g/mol. The number of carbonyl (C=O) groups is 2. The second-order valence-corrected chi connectivity index (χ2v) is 7.00. The summed E-state index contributed by atoms with van der Waals surface area (Å²) in [5.74, 6) is 0.775. The molecule has 0 saturated carbocycles. The van der Waals surface area contributed by atoms with Crippen LogP contribution in [0, 0.1) is 0 Å². The lowest BCUT2D eigenvalue weighted by molar-refractivity contribution is 0.0714. The average Bonchev–Trinajstić information content (AvgIpc) is 3.29. The first-order valence-electron chi connectivity index (χ1n) is 9.21. The molecule has 8 heteroatoms. The molecule has 1 N–H and O–H groups in total. The molecular weight excluding hydrogens is 392 g/mol. The maximum absolute atomic E-state index is 12.3. The van der Waals surface area contributed by atoms with Gasteiger partial charge in [0.05, 0.1) is 28.7 Å². The maximum atomic E-state index is 12.3. The van der Waals surface area contributed by atoms with Gasteiger partial charge in [0.25, 0.3) is 11.8 Å². The molecule has 1 saturated heterocycles. The zero-order valence-corrected chi connectivity index (χ0v) is 16.3. The molecule has 2 aromatic heterocycles. The van der Waals surface area contributed by atoms with Crippen molar-refractivity contribution >= 4 is 34.9 Å². The molecule has 1 aliphatic heterocycles. The molecule has 3 aromatic rings. The molecule has 2 amide bonds. The van der Waals surface area contributed by atoms with Crippen molar-refractivity contribution in [1.29, 1.82) is 0 Å². The number of nitrogens with one attached hydrogen (secondary N) is 1. The number of amides is 2. The number of aromatic nitrogens is 1. The summed E-state index contributed by atoms with van der Waals surface area (Å²) in [5, 5.41) is 3.20. The predicted octanol–water partition coefficient (Wildman–Crippen LogP) is 3.54. The SMILES string of the molecule is O=C(Nc1ccc(N2CCN(C(=O)c3ccco3)CC2)nc1)c1ccccc1Cl. The van der Waals surface area contributed by atoms with Crippen LogP contribution in [0.25, 0.3) is 0 Å². The number of rotatable bonds is 4. The Kier molecular flexibility index (Phi) is 5.48. The van der Waals surface area contributed by atoms with E-state index in [0.717, 1.165) is 5.82 Å². The third-order valence-electron chi connectivity index (χ3n) is 4.75. The summed E-state index contributed by atoms with van der Waals surface area (Å²) in [6.45, 7) is 2.52. The van der Waals surface area contributed by atoms with Crippen LogP contribution in [0.2, 0.25) is 5.02 Å². The van der Waals surface area contributed by atoms with Crippen LogP contribution in [0.5, 0.6) is 0 Å². The van der Waals surface area contributed by atoms with Gasteiger partial charge in [-0.15, -0.1) is 0 Å². The highest BCUT2D eigenvalue weighted by atomic mass is 35.5. The van der Waals surface area contributed by atoms with E-state index in [1.54, 1.807) is 53.6 Å². The number of anilines is 2. The summed E-state index contributed by atoms with van der Waals surface area (Å²) >= 11 is 6.06. The van der Waals surface area contributed by atoms with E-state index in [4.69, 9.17) is 16.0 Å². The molecule has 3 heterocycles. The molecule has 4 rings (SSSR count). The van der Waals surface area contributed by atoms with Crippen molar-refractivity contribution in [3.8, 4) is 0 Å². The summed E-state index contributed by atoms with van der Waals surface area (Å²) in [6, 6.07) is 13.9. The van der Waals surface area contributed by atoms with Gasteiger partial charge >= 0.3 is 0 Å². The highest BCUT2D eigenvalue weighted by Gasteiger charge is 2.24. The fraction of sp³-hybridized carbons (Fsp3) is 0.190. The van der Waals surface area contributed by atoms with Crippen molar-refractivity contribution in [2.45, 2.75) is 0 Å². The summed E-state index contributed by atoms with van der Waals surface area (Å²) in [4.78, 5) is 33.0. The maximum Gasteiger partial charge on any atom is 0.289 e. The summed E-state index contributed by atoms with van der Waals surface area (Å²) < 4.78 is 5.18. The summed E-state index contributed by atoms with van der Waals surface area (Å²) in [5.41, 5.74) is 1.00. The minimum atomic E-state index is -0.282. The Bertz CT molecular complexity index is 997. The quantitative estimate of drug-likeness (QED) is 0.711. The van der Waals surface area contributed by atoms with Crippen LogP contribution in [0.1, 0.15) is 20.9 Å². The Morgan fingerprint density at radius 3 is 2.45 bits per heavy atom. The molecule has 1 aliphatic rings. The zero-order valence-electron chi connectivity index (χ0n) is 15.5. The van der Waals surface area contributed by atoms with Gasteiger partial charge in [-0.2, -0.15) is 0 Å². The van der Waals surface area contributed by atoms with Gasteiger partial charge in [-0.05, 0) is 36.4 Å². The first-order chi connectivity index (χ1) is 14.1. The van der Waals surface area contributed by atoms with E-state index in [0.29, 0.717) is 48.2 Å². The van der Waals surface area contributed by atoms with Gasteiger partial charge in [0, 0.05) is 26.2 Å². The van der Waals surface area contributed by atoms with Crippen LogP contribution in [0.3, 0.4) is 0 Å². The normalized spacial score (nSPS) is 14.0. The summed E-state index contributed by atoms with van der Waals surface area (Å²) in [6.07, 6.45) is 3.12. The predicted molar refractivity (Wildman–Crippen MR) is 110 cm³/mol. The standard InChI is InChI=1S/C21H19ClN4O3/c22-17-5-2-1-4-16(17)20(27)24-15-7-8-19(23-14-15)25-9-11-26(12-10-25)21(28)18-6-3-13-29-18/h1-8,13-14H,9-12H2,(H,24,27). The van der Waals surface area contributed by atoms with E-state index in [9.17, 15) is 9.59 Å². The molecule has 0 atom stereocenters.